The van der Waals surface area contributed by atoms with Crippen LogP contribution in [-0.2, 0) is 0 Å². The van der Waals surface area contributed by atoms with Crippen LogP contribution in [0, 0.1) is 10.1 Å². The van der Waals surface area contributed by atoms with Crippen LogP contribution in [-0.4, -0.2) is 14.9 Å². The fourth-order valence-electron chi connectivity index (χ4n) is 1.96. The van der Waals surface area contributed by atoms with Crippen molar-refractivity contribution >= 4 is 39.8 Å². The largest absolute Gasteiger partial charge is 0.270 e. The van der Waals surface area contributed by atoms with Gasteiger partial charge in [-0.05, 0) is 18.2 Å². The molecule has 0 fully saturated rings. The van der Waals surface area contributed by atoms with E-state index in [9.17, 15) is 10.1 Å². The SMILES string of the molecule is O=[N+]([O-])c1ccc2nc(-c3ccccc3Cl)nc(Cl)c2c1. The van der Waals surface area contributed by atoms with Gasteiger partial charge in [0.2, 0.25) is 0 Å². The summed E-state index contributed by atoms with van der Waals surface area (Å²) < 4.78 is 0. The van der Waals surface area contributed by atoms with Gasteiger partial charge in [0.25, 0.3) is 5.69 Å². The number of nitrogens with zero attached hydrogens (tertiary/aromatic N) is 3. The van der Waals surface area contributed by atoms with Crippen molar-refractivity contribution in [2.75, 3.05) is 0 Å². The molecule has 0 atom stereocenters. The smallest absolute Gasteiger partial charge is 0.258 e. The second kappa shape index (κ2) is 5.27. The van der Waals surface area contributed by atoms with Gasteiger partial charge in [0.05, 0.1) is 15.5 Å². The molecule has 2 aromatic carbocycles. The van der Waals surface area contributed by atoms with Crippen molar-refractivity contribution in [2.24, 2.45) is 0 Å². The lowest BCUT2D eigenvalue weighted by Gasteiger charge is -2.06. The maximum atomic E-state index is 10.8. The Morgan fingerprint density at radius 3 is 2.52 bits per heavy atom. The molecular formula is C14H7Cl2N3O2. The monoisotopic (exact) mass is 319 g/mol. The highest BCUT2D eigenvalue weighted by atomic mass is 35.5. The summed E-state index contributed by atoms with van der Waals surface area (Å²) in [5, 5.41) is 11.9. The Morgan fingerprint density at radius 2 is 1.81 bits per heavy atom. The number of hydrogen-bond donors (Lipinski definition) is 0. The number of hydrogen-bond acceptors (Lipinski definition) is 4. The van der Waals surface area contributed by atoms with Gasteiger partial charge >= 0.3 is 0 Å². The molecule has 104 valence electrons. The van der Waals surface area contributed by atoms with Crippen LogP contribution in [0.4, 0.5) is 5.69 Å². The van der Waals surface area contributed by atoms with E-state index in [2.05, 4.69) is 9.97 Å². The zero-order chi connectivity index (χ0) is 15.0. The summed E-state index contributed by atoms with van der Waals surface area (Å²) in [6.07, 6.45) is 0. The minimum absolute atomic E-state index is 0.0570. The number of aromatic nitrogens is 2. The Hall–Kier alpha value is -2.24. The molecule has 21 heavy (non-hydrogen) atoms. The topological polar surface area (TPSA) is 68.9 Å². The summed E-state index contributed by atoms with van der Waals surface area (Å²) in [6.45, 7) is 0. The fourth-order valence-corrected chi connectivity index (χ4v) is 2.41. The summed E-state index contributed by atoms with van der Waals surface area (Å²) in [4.78, 5) is 18.8. The number of halogens is 2. The number of fused-ring (bicyclic) bond motifs is 1. The molecule has 5 nitrogen and oxygen atoms in total. The van der Waals surface area contributed by atoms with E-state index in [0.29, 0.717) is 27.3 Å². The van der Waals surface area contributed by atoms with Crippen LogP contribution in [0.1, 0.15) is 0 Å². The first kappa shape index (κ1) is 13.7. The summed E-state index contributed by atoms with van der Waals surface area (Å²) in [7, 11) is 0. The molecule has 0 spiro atoms. The molecule has 1 aromatic heterocycles. The molecule has 0 radical (unpaired) electrons. The highest BCUT2D eigenvalue weighted by Crippen LogP contribution is 2.30. The molecule has 0 unspecified atom stereocenters. The third-order valence-corrected chi connectivity index (χ3v) is 3.58. The molecule has 0 saturated heterocycles. The van der Waals surface area contributed by atoms with Gasteiger partial charge in [0.15, 0.2) is 5.82 Å². The lowest BCUT2D eigenvalue weighted by Crippen LogP contribution is -1.94. The van der Waals surface area contributed by atoms with Gasteiger partial charge in [0.1, 0.15) is 5.15 Å². The molecule has 0 aliphatic rings. The Morgan fingerprint density at radius 1 is 1.05 bits per heavy atom. The Balaban J connectivity index is 2.23. The van der Waals surface area contributed by atoms with Gasteiger partial charge in [-0.25, -0.2) is 9.97 Å². The predicted octanol–water partition coefficient (Wildman–Crippen LogP) is 4.51. The van der Waals surface area contributed by atoms with Crippen molar-refractivity contribution in [3.05, 3.63) is 62.8 Å². The zero-order valence-corrected chi connectivity index (χ0v) is 12.0. The number of non-ortho nitro benzene ring substituents is 1. The average Bonchev–Trinajstić information content (AvgIpc) is 2.47. The maximum Gasteiger partial charge on any atom is 0.270 e. The van der Waals surface area contributed by atoms with Crippen molar-refractivity contribution in [1.82, 2.24) is 9.97 Å². The first-order valence-corrected chi connectivity index (χ1v) is 6.68. The highest BCUT2D eigenvalue weighted by molar-refractivity contribution is 6.35. The maximum absolute atomic E-state index is 10.8. The van der Waals surface area contributed by atoms with Crippen LogP contribution in [0.5, 0.6) is 0 Å². The van der Waals surface area contributed by atoms with Crippen molar-refractivity contribution in [3.8, 4) is 11.4 Å². The van der Waals surface area contributed by atoms with E-state index in [1.165, 1.54) is 12.1 Å². The van der Waals surface area contributed by atoms with E-state index in [1.807, 2.05) is 6.07 Å². The van der Waals surface area contributed by atoms with E-state index in [0.717, 1.165) is 0 Å². The molecule has 0 bridgehead atoms. The number of nitro groups is 1. The average molecular weight is 320 g/mol. The van der Waals surface area contributed by atoms with Gasteiger partial charge in [0, 0.05) is 23.1 Å². The standard InChI is InChI=1S/C14H7Cl2N3O2/c15-11-4-2-1-3-9(11)14-17-12-6-5-8(19(20)21)7-10(12)13(16)18-14/h1-7H. The van der Waals surface area contributed by atoms with Crippen molar-refractivity contribution in [1.29, 1.82) is 0 Å². The van der Waals surface area contributed by atoms with E-state index >= 15 is 0 Å². The second-order valence-electron chi connectivity index (χ2n) is 4.28. The van der Waals surface area contributed by atoms with Crippen LogP contribution < -0.4 is 0 Å². The van der Waals surface area contributed by atoms with Gasteiger partial charge in [-0.2, -0.15) is 0 Å². The first-order valence-electron chi connectivity index (χ1n) is 5.93. The number of nitro benzene ring substituents is 1. The molecular weight excluding hydrogens is 313 g/mol. The van der Waals surface area contributed by atoms with Crippen LogP contribution in [0.3, 0.4) is 0 Å². The molecule has 1 heterocycles. The minimum atomic E-state index is -0.488. The lowest BCUT2D eigenvalue weighted by atomic mass is 10.2. The molecule has 0 saturated carbocycles. The lowest BCUT2D eigenvalue weighted by molar-refractivity contribution is -0.384. The van der Waals surface area contributed by atoms with Crippen molar-refractivity contribution in [2.45, 2.75) is 0 Å². The second-order valence-corrected chi connectivity index (χ2v) is 5.04. The van der Waals surface area contributed by atoms with Gasteiger partial charge in [-0.3, -0.25) is 10.1 Å². The minimum Gasteiger partial charge on any atom is -0.258 e. The highest BCUT2D eigenvalue weighted by Gasteiger charge is 2.13. The van der Waals surface area contributed by atoms with Crippen molar-refractivity contribution < 1.29 is 4.92 Å². The number of rotatable bonds is 2. The summed E-state index contributed by atoms with van der Waals surface area (Å²) in [6, 6.07) is 11.4. The Labute approximate surface area is 129 Å². The number of benzene rings is 2. The molecule has 0 amide bonds. The van der Waals surface area contributed by atoms with Crippen LogP contribution in [0.15, 0.2) is 42.5 Å². The molecule has 3 rings (SSSR count). The third-order valence-electron chi connectivity index (χ3n) is 2.96. The van der Waals surface area contributed by atoms with E-state index in [4.69, 9.17) is 23.2 Å². The molecule has 0 aliphatic carbocycles. The predicted molar refractivity (Wildman–Crippen MR) is 81.6 cm³/mol. The van der Waals surface area contributed by atoms with Crippen LogP contribution in [0.25, 0.3) is 22.3 Å². The summed E-state index contributed by atoms with van der Waals surface area (Å²) in [5.41, 5.74) is 1.12. The summed E-state index contributed by atoms with van der Waals surface area (Å²) >= 11 is 12.2. The first-order chi connectivity index (χ1) is 10.1. The van der Waals surface area contributed by atoms with Gasteiger partial charge < -0.3 is 0 Å². The zero-order valence-electron chi connectivity index (χ0n) is 10.5. The Bertz CT molecular complexity index is 868. The van der Waals surface area contributed by atoms with E-state index in [1.54, 1.807) is 24.3 Å². The van der Waals surface area contributed by atoms with Crippen LogP contribution in [0.2, 0.25) is 10.2 Å². The Kier molecular flexibility index (Phi) is 3.45. The van der Waals surface area contributed by atoms with Gasteiger partial charge in [-0.15, -0.1) is 0 Å². The summed E-state index contributed by atoms with van der Waals surface area (Å²) in [5.74, 6) is 0.381. The van der Waals surface area contributed by atoms with E-state index < -0.39 is 4.92 Å². The molecule has 0 aliphatic heterocycles. The molecule has 7 heteroatoms. The van der Waals surface area contributed by atoms with Gasteiger partial charge in [-0.1, -0.05) is 35.3 Å². The van der Waals surface area contributed by atoms with Crippen LogP contribution >= 0.6 is 23.2 Å². The third kappa shape index (κ3) is 2.53. The van der Waals surface area contributed by atoms with E-state index in [-0.39, 0.29) is 10.8 Å². The molecule has 0 N–H and O–H groups in total. The molecule has 3 aromatic rings. The quantitative estimate of drug-likeness (QED) is 0.396. The normalized spacial score (nSPS) is 10.8. The van der Waals surface area contributed by atoms with Crippen molar-refractivity contribution in [3.63, 3.8) is 0 Å². The fraction of sp³-hybridized carbons (Fsp3) is 0.